The number of benzene rings is 2. The van der Waals surface area contributed by atoms with E-state index < -0.39 is 5.97 Å². The van der Waals surface area contributed by atoms with Gasteiger partial charge in [0, 0.05) is 29.2 Å². The largest absolute Gasteiger partial charge is 0.497 e. The average Bonchev–Trinajstić information content (AvgIpc) is 2.77. The Balaban J connectivity index is 1.46. The molecule has 0 aliphatic carbocycles. The molecule has 0 saturated carbocycles. The third-order valence-electron chi connectivity index (χ3n) is 4.96. The van der Waals surface area contributed by atoms with Crippen LogP contribution in [0.25, 0.3) is 0 Å². The molecule has 1 aliphatic heterocycles. The van der Waals surface area contributed by atoms with E-state index in [0.717, 1.165) is 0 Å². The third-order valence-corrected chi connectivity index (χ3v) is 5.22. The van der Waals surface area contributed by atoms with Crippen LogP contribution in [0.5, 0.6) is 5.75 Å². The summed E-state index contributed by atoms with van der Waals surface area (Å²) in [6.45, 7) is 0.635. The van der Waals surface area contributed by atoms with Crippen molar-refractivity contribution in [2.75, 3.05) is 26.8 Å². The summed E-state index contributed by atoms with van der Waals surface area (Å²) >= 11 is 5.85. The van der Waals surface area contributed by atoms with Gasteiger partial charge < -0.3 is 14.4 Å². The molecule has 1 saturated heterocycles. The lowest BCUT2D eigenvalue weighted by Gasteiger charge is -2.31. The van der Waals surface area contributed by atoms with Crippen molar-refractivity contribution in [3.05, 3.63) is 64.7 Å². The fraction of sp³-hybridized carbons (Fsp3) is 0.318. The van der Waals surface area contributed by atoms with Gasteiger partial charge in [-0.05, 0) is 61.4 Å². The molecule has 0 bridgehead atoms. The monoisotopic (exact) mass is 415 g/mol. The van der Waals surface area contributed by atoms with Crippen LogP contribution in [-0.2, 0) is 9.53 Å². The predicted molar refractivity (Wildman–Crippen MR) is 108 cm³/mol. The molecular weight excluding hydrogens is 394 g/mol. The van der Waals surface area contributed by atoms with Crippen molar-refractivity contribution in [1.29, 1.82) is 0 Å². The summed E-state index contributed by atoms with van der Waals surface area (Å²) in [5.74, 6) is -0.406. The smallest absolute Gasteiger partial charge is 0.309 e. The van der Waals surface area contributed by atoms with Crippen LogP contribution in [0, 0.1) is 5.92 Å². The molecule has 0 spiro atoms. The van der Waals surface area contributed by atoms with Crippen LogP contribution >= 0.6 is 11.6 Å². The maximum atomic E-state index is 12.5. The number of esters is 1. The molecule has 6 nitrogen and oxygen atoms in total. The highest BCUT2D eigenvalue weighted by Gasteiger charge is 2.29. The van der Waals surface area contributed by atoms with Crippen LogP contribution in [-0.4, -0.2) is 49.4 Å². The standard InChI is InChI=1S/C22H22ClNO5/c1-28-19-8-4-15(5-9-19)20(25)14-29-22(27)17-10-12-24(13-11-17)21(26)16-2-6-18(23)7-3-16/h2-9,17H,10-14H2,1H3. The first-order valence-corrected chi connectivity index (χ1v) is 9.74. The van der Waals surface area contributed by atoms with E-state index in [2.05, 4.69) is 0 Å². The van der Waals surface area contributed by atoms with E-state index in [1.165, 1.54) is 0 Å². The summed E-state index contributed by atoms with van der Waals surface area (Å²) in [4.78, 5) is 38.7. The molecule has 29 heavy (non-hydrogen) atoms. The molecular formula is C22H22ClNO5. The van der Waals surface area contributed by atoms with Gasteiger partial charge in [-0.25, -0.2) is 0 Å². The predicted octanol–water partition coefficient (Wildman–Crippen LogP) is 3.63. The van der Waals surface area contributed by atoms with Crippen molar-refractivity contribution < 1.29 is 23.9 Å². The Bertz CT molecular complexity index is 871. The number of carbonyl (C=O) groups is 3. The highest BCUT2D eigenvalue weighted by atomic mass is 35.5. The van der Waals surface area contributed by atoms with Gasteiger partial charge in [-0.15, -0.1) is 0 Å². The fourth-order valence-electron chi connectivity index (χ4n) is 3.21. The number of ketones is 1. The van der Waals surface area contributed by atoms with Gasteiger partial charge in [-0.3, -0.25) is 14.4 Å². The summed E-state index contributed by atoms with van der Waals surface area (Å²) in [5.41, 5.74) is 1.03. The lowest BCUT2D eigenvalue weighted by atomic mass is 9.96. The van der Waals surface area contributed by atoms with E-state index in [9.17, 15) is 14.4 Å². The van der Waals surface area contributed by atoms with Gasteiger partial charge >= 0.3 is 5.97 Å². The molecule has 2 aromatic carbocycles. The van der Waals surface area contributed by atoms with Gasteiger partial charge in [0.1, 0.15) is 5.75 Å². The first kappa shape index (κ1) is 20.9. The van der Waals surface area contributed by atoms with Gasteiger partial charge in [0.15, 0.2) is 12.4 Å². The fourth-order valence-corrected chi connectivity index (χ4v) is 3.33. The van der Waals surface area contributed by atoms with Crippen molar-refractivity contribution in [2.45, 2.75) is 12.8 Å². The van der Waals surface area contributed by atoms with E-state index in [-0.39, 0.29) is 24.2 Å². The quantitative estimate of drug-likeness (QED) is 0.532. The van der Waals surface area contributed by atoms with Crippen LogP contribution in [0.15, 0.2) is 48.5 Å². The van der Waals surface area contributed by atoms with E-state index in [4.69, 9.17) is 21.1 Å². The van der Waals surface area contributed by atoms with Crippen molar-refractivity contribution in [3.63, 3.8) is 0 Å². The summed E-state index contributed by atoms with van der Waals surface area (Å²) in [6.07, 6.45) is 1.02. The number of likely N-dealkylation sites (tertiary alicyclic amines) is 1. The molecule has 0 atom stereocenters. The normalized spacial score (nSPS) is 14.3. The average molecular weight is 416 g/mol. The molecule has 3 rings (SSSR count). The van der Waals surface area contributed by atoms with Crippen molar-refractivity contribution in [2.24, 2.45) is 5.92 Å². The molecule has 0 aromatic heterocycles. The zero-order valence-corrected chi connectivity index (χ0v) is 16.9. The molecule has 0 N–H and O–H groups in total. The molecule has 1 aliphatic rings. The van der Waals surface area contributed by atoms with Crippen molar-refractivity contribution >= 4 is 29.3 Å². The zero-order valence-electron chi connectivity index (χ0n) is 16.1. The summed E-state index contributed by atoms with van der Waals surface area (Å²) in [7, 11) is 1.55. The molecule has 0 unspecified atom stereocenters. The zero-order chi connectivity index (χ0) is 20.8. The lowest BCUT2D eigenvalue weighted by molar-refractivity contribution is -0.148. The Kier molecular flexibility index (Phi) is 6.88. The topological polar surface area (TPSA) is 72.9 Å². The Morgan fingerprint density at radius 3 is 2.14 bits per heavy atom. The second kappa shape index (κ2) is 9.56. The van der Waals surface area contributed by atoms with Gasteiger partial charge in [0.2, 0.25) is 0 Å². The minimum absolute atomic E-state index is 0.0804. The van der Waals surface area contributed by atoms with E-state index in [1.54, 1.807) is 60.5 Å². The number of piperidine rings is 1. The summed E-state index contributed by atoms with van der Waals surface area (Å²) < 4.78 is 10.3. The summed E-state index contributed by atoms with van der Waals surface area (Å²) in [5, 5.41) is 0.576. The van der Waals surface area contributed by atoms with Crippen molar-refractivity contribution in [1.82, 2.24) is 4.90 Å². The third kappa shape index (κ3) is 5.35. The Morgan fingerprint density at radius 2 is 1.55 bits per heavy atom. The number of rotatable bonds is 6. The molecule has 1 heterocycles. The number of ether oxygens (including phenoxy) is 2. The van der Waals surface area contributed by atoms with Crippen molar-refractivity contribution in [3.8, 4) is 5.75 Å². The number of hydrogen-bond acceptors (Lipinski definition) is 5. The summed E-state index contributed by atoms with van der Waals surface area (Å²) in [6, 6.07) is 13.4. The number of carbonyl (C=O) groups excluding carboxylic acids is 3. The van der Waals surface area contributed by atoms with Crippen LogP contribution < -0.4 is 4.74 Å². The Hall–Kier alpha value is -2.86. The minimum Gasteiger partial charge on any atom is -0.497 e. The number of amides is 1. The van der Waals surface area contributed by atoms with Gasteiger partial charge in [-0.1, -0.05) is 11.6 Å². The molecule has 152 valence electrons. The van der Waals surface area contributed by atoms with Crippen LogP contribution in [0.2, 0.25) is 5.02 Å². The number of hydrogen-bond donors (Lipinski definition) is 0. The molecule has 1 amide bonds. The van der Waals surface area contributed by atoms with E-state index in [1.807, 2.05) is 0 Å². The number of Topliss-reactive ketones (excluding diaryl/α,β-unsaturated/α-hetero) is 1. The SMILES string of the molecule is COc1ccc(C(=O)COC(=O)C2CCN(C(=O)c3ccc(Cl)cc3)CC2)cc1. The maximum absolute atomic E-state index is 12.5. The van der Waals surface area contributed by atoms with E-state index >= 15 is 0 Å². The number of nitrogens with zero attached hydrogens (tertiary/aromatic N) is 1. The first-order valence-electron chi connectivity index (χ1n) is 9.36. The highest BCUT2D eigenvalue weighted by Crippen LogP contribution is 2.21. The molecule has 1 fully saturated rings. The molecule has 2 aromatic rings. The maximum Gasteiger partial charge on any atom is 0.309 e. The van der Waals surface area contributed by atoms with Crippen LogP contribution in [0.1, 0.15) is 33.6 Å². The van der Waals surface area contributed by atoms with E-state index in [0.29, 0.717) is 47.8 Å². The second-order valence-corrected chi connectivity index (χ2v) is 7.27. The Labute approximate surface area is 174 Å². The lowest BCUT2D eigenvalue weighted by Crippen LogP contribution is -2.40. The van der Waals surface area contributed by atoms with Crippen LogP contribution in [0.3, 0.4) is 0 Å². The van der Waals surface area contributed by atoms with Gasteiger partial charge in [0.25, 0.3) is 5.91 Å². The molecule has 0 radical (unpaired) electrons. The second-order valence-electron chi connectivity index (χ2n) is 6.83. The number of halogens is 1. The van der Waals surface area contributed by atoms with Crippen LogP contribution in [0.4, 0.5) is 0 Å². The Morgan fingerprint density at radius 1 is 0.966 bits per heavy atom. The minimum atomic E-state index is -0.398. The van der Waals surface area contributed by atoms with Gasteiger partial charge in [-0.2, -0.15) is 0 Å². The molecule has 7 heteroatoms. The van der Waals surface area contributed by atoms with Gasteiger partial charge in [0.05, 0.1) is 13.0 Å². The highest BCUT2D eigenvalue weighted by molar-refractivity contribution is 6.30. The number of methoxy groups -OCH3 is 1. The first-order chi connectivity index (χ1) is 14.0.